The molecule has 0 saturated carbocycles. The van der Waals surface area contributed by atoms with Crippen LogP contribution in [0.4, 0.5) is 5.82 Å². The molecule has 0 saturated heterocycles. The fraction of sp³-hybridized carbons (Fsp3) is 0.615. The lowest BCUT2D eigenvalue weighted by atomic mass is 9.78. The van der Waals surface area contributed by atoms with Crippen molar-refractivity contribution in [2.75, 3.05) is 5.73 Å². The minimum Gasteiger partial charge on any atom is -0.383 e. The van der Waals surface area contributed by atoms with Crippen LogP contribution in [0.25, 0.3) is 0 Å². The summed E-state index contributed by atoms with van der Waals surface area (Å²) in [4.78, 5) is 4.18. The first-order valence-electron chi connectivity index (χ1n) is 5.78. The van der Waals surface area contributed by atoms with Gasteiger partial charge in [-0.15, -0.1) is 0 Å². The number of hydrogen-bond donors (Lipinski definition) is 1. The molecule has 0 spiro atoms. The monoisotopic (exact) mass is 206 g/mol. The Morgan fingerprint density at radius 3 is 2.47 bits per heavy atom. The Balaban J connectivity index is 3.04. The number of nitrogen functional groups attached to an aromatic ring is 1. The molecule has 0 aliphatic heterocycles. The third-order valence-electron chi connectivity index (χ3n) is 3.21. The lowest BCUT2D eigenvalue weighted by Gasteiger charge is -2.27. The van der Waals surface area contributed by atoms with Gasteiger partial charge in [-0.05, 0) is 29.4 Å². The molecule has 0 aliphatic rings. The van der Waals surface area contributed by atoms with Crippen LogP contribution in [-0.2, 0) is 0 Å². The molecule has 1 rings (SSSR count). The smallest absolute Gasteiger partial charge is 0.126 e. The number of pyridine rings is 1. The van der Waals surface area contributed by atoms with E-state index in [2.05, 4.69) is 38.7 Å². The zero-order valence-electron chi connectivity index (χ0n) is 10.2. The third kappa shape index (κ3) is 2.71. The topological polar surface area (TPSA) is 38.9 Å². The molecule has 0 bridgehead atoms. The Kier molecular flexibility index (Phi) is 4.13. The van der Waals surface area contributed by atoms with Crippen LogP contribution in [-0.4, -0.2) is 4.98 Å². The van der Waals surface area contributed by atoms with Gasteiger partial charge >= 0.3 is 0 Å². The van der Waals surface area contributed by atoms with Gasteiger partial charge in [0, 0.05) is 6.20 Å². The zero-order valence-corrected chi connectivity index (χ0v) is 10.2. The van der Waals surface area contributed by atoms with Crippen LogP contribution in [0.1, 0.15) is 45.6 Å². The van der Waals surface area contributed by atoms with Gasteiger partial charge in [-0.3, -0.25) is 0 Å². The summed E-state index contributed by atoms with van der Waals surface area (Å²) in [5, 5.41) is 0. The van der Waals surface area contributed by atoms with Crippen molar-refractivity contribution in [3.8, 4) is 0 Å². The Morgan fingerprint density at radius 1 is 1.33 bits per heavy atom. The molecule has 2 N–H and O–H groups in total. The number of rotatable bonds is 4. The SMILES string of the molecule is CCC(C)C(c1cccnc1N)C(C)C. The van der Waals surface area contributed by atoms with E-state index in [0.717, 1.165) is 0 Å². The second kappa shape index (κ2) is 5.15. The molecule has 1 aromatic heterocycles. The molecule has 1 heterocycles. The predicted octanol–water partition coefficient (Wildman–Crippen LogP) is 3.45. The summed E-state index contributed by atoms with van der Waals surface area (Å²) < 4.78 is 0. The maximum absolute atomic E-state index is 5.94. The van der Waals surface area contributed by atoms with E-state index < -0.39 is 0 Å². The molecule has 2 unspecified atom stereocenters. The molecular formula is C13H22N2. The van der Waals surface area contributed by atoms with Crippen molar-refractivity contribution < 1.29 is 0 Å². The minimum absolute atomic E-state index is 0.517. The second-order valence-corrected chi connectivity index (χ2v) is 4.63. The minimum atomic E-state index is 0.517. The van der Waals surface area contributed by atoms with Crippen molar-refractivity contribution in [3.63, 3.8) is 0 Å². The number of hydrogen-bond acceptors (Lipinski definition) is 2. The molecule has 0 radical (unpaired) electrons. The summed E-state index contributed by atoms with van der Waals surface area (Å²) in [6.07, 6.45) is 2.93. The fourth-order valence-corrected chi connectivity index (χ4v) is 2.29. The Morgan fingerprint density at radius 2 is 2.00 bits per heavy atom. The van der Waals surface area contributed by atoms with Gasteiger partial charge in [0.05, 0.1) is 0 Å². The number of nitrogens with two attached hydrogens (primary N) is 1. The number of aromatic nitrogens is 1. The van der Waals surface area contributed by atoms with E-state index in [1.807, 2.05) is 6.07 Å². The number of nitrogens with zero attached hydrogens (tertiary/aromatic N) is 1. The molecule has 1 aromatic rings. The van der Waals surface area contributed by atoms with Crippen LogP contribution in [0.5, 0.6) is 0 Å². The summed E-state index contributed by atoms with van der Waals surface area (Å²) in [5.74, 6) is 2.46. The van der Waals surface area contributed by atoms with Gasteiger partial charge in [-0.1, -0.05) is 40.2 Å². The lowest BCUT2D eigenvalue weighted by molar-refractivity contribution is 0.356. The predicted molar refractivity (Wildman–Crippen MR) is 65.7 cm³/mol. The van der Waals surface area contributed by atoms with Crippen molar-refractivity contribution in [2.24, 2.45) is 11.8 Å². The van der Waals surface area contributed by atoms with Gasteiger partial charge < -0.3 is 5.73 Å². The highest BCUT2D eigenvalue weighted by molar-refractivity contribution is 5.41. The summed E-state index contributed by atoms with van der Waals surface area (Å²) >= 11 is 0. The molecule has 0 amide bonds. The summed E-state index contributed by atoms with van der Waals surface area (Å²) in [5.41, 5.74) is 7.15. The fourth-order valence-electron chi connectivity index (χ4n) is 2.29. The van der Waals surface area contributed by atoms with Crippen LogP contribution < -0.4 is 5.73 Å². The molecule has 2 heteroatoms. The molecule has 0 fully saturated rings. The maximum Gasteiger partial charge on any atom is 0.126 e. The number of anilines is 1. The van der Waals surface area contributed by atoms with Crippen LogP contribution in [0, 0.1) is 11.8 Å². The third-order valence-corrected chi connectivity index (χ3v) is 3.21. The first-order valence-corrected chi connectivity index (χ1v) is 5.78. The van der Waals surface area contributed by atoms with Gasteiger partial charge in [0.15, 0.2) is 0 Å². The highest BCUT2D eigenvalue weighted by Crippen LogP contribution is 2.35. The molecule has 84 valence electrons. The molecule has 15 heavy (non-hydrogen) atoms. The van der Waals surface area contributed by atoms with E-state index in [1.165, 1.54) is 12.0 Å². The average molecular weight is 206 g/mol. The van der Waals surface area contributed by atoms with Gasteiger partial charge in [-0.25, -0.2) is 4.98 Å². The van der Waals surface area contributed by atoms with E-state index in [4.69, 9.17) is 5.73 Å². The van der Waals surface area contributed by atoms with Gasteiger partial charge in [0.25, 0.3) is 0 Å². The Labute approximate surface area is 92.9 Å². The summed E-state index contributed by atoms with van der Waals surface area (Å²) in [6, 6.07) is 4.09. The highest BCUT2D eigenvalue weighted by Gasteiger charge is 2.23. The summed E-state index contributed by atoms with van der Waals surface area (Å²) in [6.45, 7) is 9.02. The first-order chi connectivity index (χ1) is 7.07. The largest absolute Gasteiger partial charge is 0.383 e. The first kappa shape index (κ1) is 12.0. The highest BCUT2D eigenvalue weighted by atomic mass is 14.8. The normalized spacial score (nSPS) is 15.3. The van der Waals surface area contributed by atoms with Crippen molar-refractivity contribution in [2.45, 2.75) is 40.0 Å². The van der Waals surface area contributed by atoms with Crippen molar-refractivity contribution in [3.05, 3.63) is 23.9 Å². The molecule has 0 aliphatic carbocycles. The van der Waals surface area contributed by atoms with Crippen LogP contribution in [0.2, 0.25) is 0 Å². The van der Waals surface area contributed by atoms with Crippen LogP contribution >= 0.6 is 0 Å². The molecule has 0 aromatic carbocycles. The van der Waals surface area contributed by atoms with E-state index in [1.54, 1.807) is 6.20 Å². The standard InChI is InChI=1S/C13H22N2/c1-5-10(4)12(9(2)3)11-7-6-8-15-13(11)14/h6-10,12H,5H2,1-4H3,(H2,14,15). The van der Waals surface area contributed by atoms with Crippen molar-refractivity contribution >= 4 is 5.82 Å². The second-order valence-electron chi connectivity index (χ2n) is 4.63. The zero-order chi connectivity index (χ0) is 11.4. The van der Waals surface area contributed by atoms with E-state index >= 15 is 0 Å². The van der Waals surface area contributed by atoms with Gasteiger partial charge in [-0.2, -0.15) is 0 Å². The molecule has 2 atom stereocenters. The van der Waals surface area contributed by atoms with Crippen LogP contribution in [0.15, 0.2) is 18.3 Å². The van der Waals surface area contributed by atoms with Gasteiger partial charge in [0.1, 0.15) is 5.82 Å². The van der Waals surface area contributed by atoms with Crippen LogP contribution in [0.3, 0.4) is 0 Å². The van der Waals surface area contributed by atoms with E-state index in [0.29, 0.717) is 23.6 Å². The summed E-state index contributed by atoms with van der Waals surface area (Å²) in [7, 11) is 0. The van der Waals surface area contributed by atoms with Gasteiger partial charge in [0.2, 0.25) is 0 Å². The van der Waals surface area contributed by atoms with E-state index in [-0.39, 0.29) is 0 Å². The molecule has 2 nitrogen and oxygen atoms in total. The Bertz CT molecular complexity index is 307. The Hall–Kier alpha value is -1.05. The quantitative estimate of drug-likeness (QED) is 0.819. The maximum atomic E-state index is 5.94. The molecular weight excluding hydrogens is 184 g/mol. The van der Waals surface area contributed by atoms with Crippen molar-refractivity contribution in [1.82, 2.24) is 4.98 Å². The lowest BCUT2D eigenvalue weighted by Crippen LogP contribution is -2.17. The van der Waals surface area contributed by atoms with E-state index in [9.17, 15) is 0 Å². The van der Waals surface area contributed by atoms with Crippen molar-refractivity contribution in [1.29, 1.82) is 0 Å². The average Bonchev–Trinajstić information content (AvgIpc) is 2.20.